The van der Waals surface area contributed by atoms with Gasteiger partial charge in [-0.15, -0.1) is 0 Å². The van der Waals surface area contributed by atoms with Crippen LogP contribution in [0.25, 0.3) is 0 Å². The summed E-state index contributed by atoms with van der Waals surface area (Å²) in [5.74, 6) is 0. The molecule has 8 rings (SSSR count). The average molecular weight is 903 g/mol. The van der Waals surface area contributed by atoms with E-state index in [2.05, 4.69) is 6.92 Å². The largest absolute Gasteiger partial charge is 0.387 e. The molecular formula is C55H66O11. The quantitative estimate of drug-likeness (QED) is 0.0598. The highest BCUT2D eigenvalue weighted by Gasteiger charge is 2.55. The summed E-state index contributed by atoms with van der Waals surface area (Å²) in [7, 11) is 0. The molecule has 11 nitrogen and oxygen atoms in total. The summed E-state index contributed by atoms with van der Waals surface area (Å²) in [6.07, 6.45) is -2.64. The number of hydrogen-bond acceptors (Lipinski definition) is 11. The molecule has 66 heavy (non-hydrogen) atoms. The average Bonchev–Trinajstić information content (AvgIpc) is 3.37. The van der Waals surface area contributed by atoms with Crippen molar-refractivity contribution in [2.75, 3.05) is 19.8 Å². The van der Waals surface area contributed by atoms with Crippen LogP contribution in [0.15, 0.2) is 152 Å². The normalized spacial score (nSPS) is 27.6. The Morgan fingerprint density at radius 1 is 0.500 bits per heavy atom. The fourth-order valence-corrected chi connectivity index (χ4v) is 8.71. The van der Waals surface area contributed by atoms with Crippen LogP contribution in [0.1, 0.15) is 79.6 Å². The van der Waals surface area contributed by atoms with E-state index in [-0.39, 0.29) is 33.0 Å². The molecule has 0 aromatic heterocycles. The minimum atomic E-state index is -1.16. The van der Waals surface area contributed by atoms with Crippen molar-refractivity contribution in [1.29, 1.82) is 0 Å². The molecule has 0 aliphatic carbocycles. The van der Waals surface area contributed by atoms with Gasteiger partial charge in [-0.05, 0) is 28.7 Å². The number of aliphatic hydroxyl groups is 1. The number of hydrogen-bond donors (Lipinski definition) is 1. The summed E-state index contributed by atoms with van der Waals surface area (Å²) in [4.78, 5) is 0. The lowest BCUT2D eigenvalue weighted by Gasteiger charge is -2.50. The van der Waals surface area contributed by atoms with Crippen LogP contribution < -0.4 is 0 Å². The zero-order valence-electron chi connectivity index (χ0n) is 38.0. The van der Waals surface area contributed by atoms with Crippen molar-refractivity contribution in [3.63, 3.8) is 0 Å². The third-order valence-electron chi connectivity index (χ3n) is 12.3. The van der Waals surface area contributed by atoms with Gasteiger partial charge in [0.25, 0.3) is 0 Å². The summed E-state index contributed by atoms with van der Waals surface area (Å²) in [6, 6.07) is 49.6. The zero-order valence-corrected chi connectivity index (χ0v) is 38.0. The van der Waals surface area contributed by atoms with E-state index in [0.29, 0.717) is 13.2 Å². The Morgan fingerprint density at radius 2 is 1.02 bits per heavy atom. The third-order valence-corrected chi connectivity index (χ3v) is 12.3. The van der Waals surface area contributed by atoms with Crippen LogP contribution in [0.5, 0.6) is 0 Å². The van der Waals surface area contributed by atoms with Gasteiger partial charge in [-0.3, -0.25) is 0 Å². The molecule has 0 radical (unpaired) electrons. The molecule has 3 aliphatic rings. The van der Waals surface area contributed by atoms with Crippen LogP contribution in [-0.4, -0.2) is 86.3 Å². The summed E-state index contributed by atoms with van der Waals surface area (Å²) in [6.45, 7) is 4.08. The molecule has 0 saturated carbocycles. The second kappa shape index (κ2) is 25.7. The van der Waals surface area contributed by atoms with Gasteiger partial charge in [0.1, 0.15) is 48.8 Å². The molecule has 3 saturated heterocycles. The first-order chi connectivity index (χ1) is 32.6. The number of aliphatic hydroxyl groups excluding tert-OH is 1. The molecule has 11 heteroatoms. The van der Waals surface area contributed by atoms with Gasteiger partial charge in [0.05, 0.1) is 39.6 Å². The molecule has 5 aromatic carbocycles. The minimum absolute atomic E-state index is 0.134. The smallest absolute Gasteiger partial charge is 0.187 e. The molecule has 1 N–H and O–H groups in total. The van der Waals surface area contributed by atoms with Gasteiger partial charge >= 0.3 is 0 Å². The van der Waals surface area contributed by atoms with Crippen molar-refractivity contribution in [1.82, 2.24) is 0 Å². The zero-order chi connectivity index (χ0) is 45.2. The molecule has 0 unspecified atom stereocenters. The fourth-order valence-electron chi connectivity index (χ4n) is 8.71. The maximum Gasteiger partial charge on any atom is 0.187 e. The van der Waals surface area contributed by atoms with Crippen molar-refractivity contribution >= 4 is 0 Å². The molecule has 3 aliphatic heterocycles. The van der Waals surface area contributed by atoms with Crippen molar-refractivity contribution in [3.8, 4) is 0 Å². The van der Waals surface area contributed by atoms with E-state index < -0.39 is 67.7 Å². The lowest BCUT2D eigenvalue weighted by Crippen LogP contribution is -2.67. The number of fused-ring (bicyclic) bond motifs is 1. The van der Waals surface area contributed by atoms with Gasteiger partial charge < -0.3 is 52.5 Å². The molecule has 0 bridgehead atoms. The minimum Gasteiger partial charge on any atom is -0.387 e. The van der Waals surface area contributed by atoms with Crippen LogP contribution >= 0.6 is 0 Å². The Hall–Kier alpha value is -4.34. The van der Waals surface area contributed by atoms with Gasteiger partial charge in [-0.2, -0.15) is 0 Å². The first-order valence-electron chi connectivity index (χ1n) is 23.8. The predicted octanol–water partition coefficient (Wildman–Crippen LogP) is 9.65. The number of ether oxygens (including phenoxy) is 10. The van der Waals surface area contributed by atoms with Crippen molar-refractivity contribution in [2.24, 2.45) is 0 Å². The molecule has 0 amide bonds. The molecule has 5 aromatic rings. The van der Waals surface area contributed by atoms with E-state index in [1.807, 2.05) is 152 Å². The van der Waals surface area contributed by atoms with Crippen molar-refractivity contribution in [2.45, 2.75) is 140 Å². The van der Waals surface area contributed by atoms with Gasteiger partial charge in [0.2, 0.25) is 0 Å². The van der Waals surface area contributed by atoms with E-state index in [9.17, 15) is 5.11 Å². The molecule has 352 valence electrons. The molecule has 0 spiro atoms. The van der Waals surface area contributed by atoms with E-state index in [1.54, 1.807) is 0 Å². The van der Waals surface area contributed by atoms with E-state index in [4.69, 9.17) is 47.4 Å². The topological polar surface area (TPSA) is 113 Å². The Morgan fingerprint density at radius 3 is 1.61 bits per heavy atom. The summed E-state index contributed by atoms with van der Waals surface area (Å²) < 4.78 is 67.4. The Kier molecular flexibility index (Phi) is 18.7. The van der Waals surface area contributed by atoms with Crippen molar-refractivity contribution in [3.05, 3.63) is 179 Å². The van der Waals surface area contributed by atoms with Gasteiger partial charge in [0.15, 0.2) is 18.9 Å². The van der Waals surface area contributed by atoms with E-state index in [1.165, 1.54) is 19.3 Å². The Bertz CT molecular complexity index is 2060. The maximum atomic E-state index is 12.4. The standard InChI is InChI=1S/C55H66O11/c1-2-3-4-5-6-22-33-58-54-52(61-37-43-29-18-10-19-30-43)51(60-36-42-27-16-9-17-28-42)49(45(63-54)38-57-34-40-23-12-7-13-24-40)66-55-50(59-35-41-25-14-8-15-26-41)47(56)48-46(64-55)39-62-53(65-48)44-31-20-11-21-32-44/h7-21,23-32,45-56H,2-6,22,33-39H2,1H3/t45-,46-,47+,48-,49-,50+,51+,52-,53-,54-,55+/m1/s1. The summed E-state index contributed by atoms with van der Waals surface area (Å²) >= 11 is 0. The third kappa shape index (κ3) is 13.6. The second-order valence-corrected chi connectivity index (χ2v) is 17.3. The van der Waals surface area contributed by atoms with Crippen LogP contribution in [0.3, 0.4) is 0 Å². The fraction of sp³-hybridized carbons (Fsp3) is 0.455. The van der Waals surface area contributed by atoms with Gasteiger partial charge in [-0.25, -0.2) is 0 Å². The summed E-state index contributed by atoms with van der Waals surface area (Å²) in [5.41, 5.74) is 4.76. The van der Waals surface area contributed by atoms with Crippen molar-refractivity contribution < 1.29 is 52.5 Å². The highest BCUT2D eigenvalue weighted by molar-refractivity contribution is 5.18. The Balaban J connectivity index is 1.11. The first-order valence-corrected chi connectivity index (χ1v) is 23.8. The summed E-state index contributed by atoms with van der Waals surface area (Å²) in [5, 5.41) is 12.4. The Labute approximate surface area is 390 Å². The predicted molar refractivity (Wildman–Crippen MR) is 249 cm³/mol. The lowest BCUT2D eigenvalue weighted by molar-refractivity contribution is -0.394. The second-order valence-electron chi connectivity index (χ2n) is 17.3. The first kappa shape index (κ1) is 48.1. The number of unbranched alkanes of at least 4 members (excludes halogenated alkanes) is 5. The lowest BCUT2D eigenvalue weighted by atomic mass is 9.95. The molecule has 3 heterocycles. The maximum absolute atomic E-state index is 12.4. The van der Waals surface area contributed by atoms with Crippen LogP contribution in [0.2, 0.25) is 0 Å². The highest BCUT2D eigenvalue weighted by Crippen LogP contribution is 2.39. The van der Waals surface area contributed by atoms with E-state index >= 15 is 0 Å². The SMILES string of the molecule is CCCCCCCCO[C@@H]1O[C@H](COCc2ccccc2)[C@@H](O[C@@H]2O[C@@H]3CO[C@@H](c4ccccc4)O[C@H]3[C@H](O)[C@@H]2OCc2ccccc2)[C@H](OCc2ccccc2)[C@H]1OCc1ccccc1. The molecule has 3 fully saturated rings. The molecular weight excluding hydrogens is 837 g/mol. The van der Waals surface area contributed by atoms with Crippen LogP contribution in [0, 0.1) is 0 Å². The molecule has 11 atom stereocenters. The van der Waals surface area contributed by atoms with Gasteiger partial charge in [0, 0.05) is 12.2 Å². The number of benzene rings is 5. The van der Waals surface area contributed by atoms with Gasteiger partial charge in [-0.1, -0.05) is 191 Å². The van der Waals surface area contributed by atoms with Crippen LogP contribution in [0.4, 0.5) is 0 Å². The van der Waals surface area contributed by atoms with Crippen LogP contribution in [-0.2, 0) is 73.8 Å². The highest BCUT2D eigenvalue weighted by atomic mass is 16.8. The van der Waals surface area contributed by atoms with E-state index in [0.717, 1.165) is 47.1 Å². The number of rotatable bonds is 24. The monoisotopic (exact) mass is 902 g/mol.